The number of hydrogen-bond donors (Lipinski definition) is 0. The fourth-order valence-electron chi connectivity index (χ4n) is 2.15. The first-order chi connectivity index (χ1) is 16.5. The van der Waals surface area contributed by atoms with Crippen molar-refractivity contribution in [2.24, 2.45) is 0 Å². The van der Waals surface area contributed by atoms with Crippen molar-refractivity contribution in [3.63, 3.8) is 0 Å². The molecule has 4 nitrogen and oxygen atoms in total. The molecule has 1 aromatic carbocycles. The van der Waals surface area contributed by atoms with Gasteiger partial charge in [-0.3, -0.25) is 9.47 Å². The van der Waals surface area contributed by atoms with Gasteiger partial charge in [0, 0.05) is 0 Å². The topological polar surface area (TPSA) is 44.8 Å². The Kier molecular flexibility index (Phi) is 8.41. The molecule has 2 atom stereocenters. The second-order valence-electron chi connectivity index (χ2n) is 7.08. The van der Waals surface area contributed by atoms with Gasteiger partial charge in [-0.15, -0.1) is 0 Å². The Balaban J connectivity index is 3.67. The summed E-state index contributed by atoms with van der Waals surface area (Å²) >= 11 is 0. The molecule has 0 unspecified atom stereocenters. The van der Waals surface area contributed by atoms with Crippen molar-refractivity contribution < 1.29 is 93.6 Å². The number of carbonyl (C=O) groups excluding carboxylic acids is 1. The summed E-state index contributed by atoms with van der Waals surface area (Å²) in [4.78, 5) is 11.7. The molecule has 0 N–H and O–H groups in total. The van der Waals surface area contributed by atoms with Gasteiger partial charge in [-0.05, 0) is 31.0 Å². The van der Waals surface area contributed by atoms with E-state index < -0.39 is 60.1 Å². The molecule has 0 aliphatic heterocycles. The molecule has 38 heavy (non-hydrogen) atoms. The second kappa shape index (κ2) is 9.56. The molecule has 21 heteroatoms. The summed E-state index contributed by atoms with van der Waals surface area (Å²) in [7, 11) is 0. The van der Waals surface area contributed by atoms with Gasteiger partial charge in [0.25, 0.3) is 0 Å². The minimum atomic E-state index is -8.08. The molecule has 1 aromatic rings. The maximum Gasteiger partial charge on any atom is 0.462 e. The number of hydrogen-bond acceptors (Lipinski definition) is 4. The number of carbonyl (C=O) groups is 1. The number of alkyl halides is 17. The highest BCUT2D eigenvalue weighted by atomic mass is 19.4. The van der Waals surface area contributed by atoms with Crippen molar-refractivity contribution in [2.75, 3.05) is 0 Å². The number of benzene rings is 1. The zero-order valence-corrected chi connectivity index (χ0v) is 17.8. The van der Waals surface area contributed by atoms with E-state index in [1.165, 1.54) is 17.7 Å². The van der Waals surface area contributed by atoms with Crippen LogP contribution in [0.25, 0.3) is 0 Å². The van der Waals surface area contributed by atoms with Gasteiger partial charge in [0.05, 0.1) is 0 Å². The van der Waals surface area contributed by atoms with E-state index in [1.807, 2.05) is 4.74 Å². The SMILES string of the molecule is Cc1cccc(OC(=O)[C@@](F)(OC(F)(F)[C@@](F)(OC(F)(F)C(F)(F)C(F)(F)F)C(F)(F)F)C(F)(F)F)c1C. The first-order valence-corrected chi connectivity index (χ1v) is 8.89. The van der Waals surface area contributed by atoms with Gasteiger partial charge in [0.15, 0.2) is 0 Å². The molecule has 0 radical (unpaired) electrons. The van der Waals surface area contributed by atoms with Gasteiger partial charge in [0.1, 0.15) is 5.75 Å². The van der Waals surface area contributed by atoms with Gasteiger partial charge in [0.2, 0.25) is 0 Å². The molecule has 0 saturated heterocycles. The van der Waals surface area contributed by atoms with Crippen molar-refractivity contribution in [1.82, 2.24) is 0 Å². The van der Waals surface area contributed by atoms with E-state index in [1.54, 1.807) is 0 Å². The summed E-state index contributed by atoms with van der Waals surface area (Å²) in [5, 5.41) is 0. The van der Waals surface area contributed by atoms with E-state index in [-0.39, 0.29) is 11.1 Å². The summed E-state index contributed by atoms with van der Waals surface area (Å²) in [6, 6.07) is 2.67. The van der Waals surface area contributed by atoms with Crippen LogP contribution in [0.4, 0.5) is 74.6 Å². The van der Waals surface area contributed by atoms with Crippen molar-refractivity contribution in [2.45, 2.75) is 62.2 Å². The lowest BCUT2D eigenvalue weighted by molar-refractivity contribution is -0.548. The normalized spacial score (nSPS) is 17.6. The molecular formula is C17H9F17O4. The van der Waals surface area contributed by atoms with Crippen LogP contribution in [0.2, 0.25) is 0 Å². The molecule has 0 bridgehead atoms. The molecular weight excluding hydrogens is 591 g/mol. The van der Waals surface area contributed by atoms with E-state index in [0.717, 1.165) is 13.0 Å². The Morgan fingerprint density at radius 2 is 1.11 bits per heavy atom. The van der Waals surface area contributed by atoms with Crippen molar-refractivity contribution in [1.29, 1.82) is 0 Å². The highest BCUT2D eigenvalue weighted by Gasteiger charge is 2.85. The Hall–Kier alpha value is -2.58. The number of esters is 1. The number of rotatable bonds is 8. The number of aryl methyl sites for hydroxylation is 1. The minimum absolute atomic E-state index is 0.0686. The fourth-order valence-corrected chi connectivity index (χ4v) is 2.15. The molecule has 0 heterocycles. The van der Waals surface area contributed by atoms with Crippen LogP contribution >= 0.6 is 0 Å². The fraction of sp³-hybridized carbons (Fsp3) is 0.588. The predicted molar refractivity (Wildman–Crippen MR) is 84.4 cm³/mol. The zero-order chi connectivity index (χ0) is 30.6. The first-order valence-electron chi connectivity index (χ1n) is 8.89. The smallest absolute Gasteiger partial charge is 0.422 e. The van der Waals surface area contributed by atoms with Crippen LogP contribution in [0.15, 0.2) is 18.2 Å². The Labute approximate surface area is 198 Å². The van der Waals surface area contributed by atoms with Gasteiger partial charge in [-0.1, -0.05) is 12.1 Å². The molecule has 0 aliphatic rings. The summed E-state index contributed by atoms with van der Waals surface area (Å²) in [6.45, 7) is 2.16. The van der Waals surface area contributed by atoms with E-state index in [4.69, 9.17) is 0 Å². The summed E-state index contributed by atoms with van der Waals surface area (Å²) in [5.41, 5.74) is -0.247. The van der Waals surface area contributed by atoms with E-state index in [2.05, 4.69) is 4.74 Å². The third-order valence-corrected chi connectivity index (χ3v) is 4.38. The van der Waals surface area contributed by atoms with Crippen molar-refractivity contribution in [3.8, 4) is 5.75 Å². The van der Waals surface area contributed by atoms with E-state index in [9.17, 15) is 79.4 Å². The standard InChI is InChI=1S/C17H9F17O4/c1-6-4-3-5-8(7(6)2)36-9(35)10(18,13(22,23)24)37-17(33,34)12(21,15(28,29)30)38-16(31,32)11(19,20)14(25,26)27/h3-5H,1-2H3/t10-,12+/m1/s1. The van der Waals surface area contributed by atoms with Gasteiger partial charge >= 0.3 is 54.3 Å². The highest BCUT2D eigenvalue weighted by Crippen LogP contribution is 2.56. The Morgan fingerprint density at radius 3 is 1.50 bits per heavy atom. The third kappa shape index (κ3) is 5.71. The lowest BCUT2D eigenvalue weighted by Gasteiger charge is -2.39. The summed E-state index contributed by atoms with van der Waals surface area (Å²) < 4.78 is 230. The molecule has 0 fully saturated rings. The predicted octanol–water partition coefficient (Wildman–Crippen LogP) is 7.08. The maximum absolute atomic E-state index is 14.5. The van der Waals surface area contributed by atoms with Gasteiger partial charge < -0.3 is 4.74 Å². The lowest BCUT2D eigenvalue weighted by atomic mass is 10.1. The highest BCUT2D eigenvalue weighted by molar-refractivity contribution is 5.81. The Bertz CT molecular complexity index is 1030. The van der Waals surface area contributed by atoms with E-state index in [0.29, 0.717) is 6.07 Å². The number of halogens is 17. The minimum Gasteiger partial charge on any atom is -0.422 e. The second-order valence-corrected chi connectivity index (χ2v) is 7.08. The zero-order valence-electron chi connectivity index (χ0n) is 17.8. The summed E-state index contributed by atoms with van der Waals surface area (Å²) in [5.74, 6) is -27.7. The molecule has 220 valence electrons. The first kappa shape index (κ1) is 33.4. The molecule has 0 saturated carbocycles. The van der Waals surface area contributed by atoms with Crippen LogP contribution in [-0.4, -0.2) is 54.3 Å². The van der Waals surface area contributed by atoms with Gasteiger partial charge in [-0.25, -0.2) is 4.79 Å². The van der Waals surface area contributed by atoms with Crippen LogP contribution in [0.3, 0.4) is 0 Å². The number of ether oxygens (including phenoxy) is 3. The molecule has 0 aliphatic carbocycles. The maximum atomic E-state index is 14.5. The molecule has 0 spiro atoms. The quantitative estimate of drug-likeness (QED) is 0.182. The third-order valence-electron chi connectivity index (χ3n) is 4.38. The average Bonchev–Trinajstić information content (AvgIpc) is 2.67. The molecule has 0 aromatic heterocycles. The monoisotopic (exact) mass is 600 g/mol. The van der Waals surface area contributed by atoms with Crippen LogP contribution in [0.5, 0.6) is 5.75 Å². The van der Waals surface area contributed by atoms with Gasteiger partial charge in [-0.2, -0.15) is 74.6 Å². The largest absolute Gasteiger partial charge is 0.462 e. The van der Waals surface area contributed by atoms with E-state index >= 15 is 0 Å². The average molecular weight is 600 g/mol. The van der Waals surface area contributed by atoms with Crippen molar-refractivity contribution >= 4 is 5.97 Å². The van der Waals surface area contributed by atoms with Crippen LogP contribution in [0, 0.1) is 13.8 Å². The van der Waals surface area contributed by atoms with Crippen LogP contribution in [0.1, 0.15) is 11.1 Å². The lowest BCUT2D eigenvalue weighted by Crippen LogP contribution is -2.68. The van der Waals surface area contributed by atoms with Crippen molar-refractivity contribution in [3.05, 3.63) is 29.3 Å². The molecule has 1 rings (SSSR count). The van der Waals surface area contributed by atoms with Crippen LogP contribution < -0.4 is 4.74 Å². The molecule has 0 amide bonds. The van der Waals surface area contributed by atoms with Crippen LogP contribution in [-0.2, 0) is 14.3 Å². The Morgan fingerprint density at radius 1 is 0.632 bits per heavy atom. The summed E-state index contributed by atoms with van der Waals surface area (Å²) in [6.07, 6.45) is -38.7.